The van der Waals surface area contributed by atoms with E-state index < -0.39 is 0 Å². The Bertz CT molecular complexity index is 547. The van der Waals surface area contributed by atoms with Crippen LogP contribution in [0.3, 0.4) is 0 Å². The Kier molecular flexibility index (Phi) is 4.83. The quantitative estimate of drug-likeness (QED) is 0.796. The zero-order valence-corrected chi connectivity index (χ0v) is 13.1. The zero-order valence-electron chi connectivity index (χ0n) is 11.5. The predicted octanol–water partition coefficient (Wildman–Crippen LogP) is 4.67. The van der Waals surface area contributed by atoms with Gasteiger partial charge in [-0.05, 0) is 38.5 Å². The van der Waals surface area contributed by atoms with E-state index >= 15 is 0 Å². The van der Waals surface area contributed by atoms with Crippen molar-refractivity contribution in [3.8, 4) is 11.3 Å². The predicted molar refractivity (Wildman–Crippen MR) is 84.3 cm³/mol. The number of benzene rings is 1. The molecule has 0 fully saturated rings. The third kappa shape index (κ3) is 2.93. The molecule has 19 heavy (non-hydrogen) atoms. The summed E-state index contributed by atoms with van der Waals surface area (Å²) in [6, 6.07) is 6.22. The van der Waals surface area contributed by atoms with Crippen LogP contribution in [-0.2, 0) is 6.42 Å². The molecule has 0 bridgehead atoms. The summed E-state index contributed by atoms with van der Waals surface area (Å²) in [5.41, 5.74) is 6.10. The monoisotopic (exact) mass is 293 g/mol. The van der Waals surface area contributed by atoms with Gasteiger partial charge in [-0.2, -0.15) is 0 Å². The molecule has 1 heterocycles. The SMILES string of the molecule is CCc1s[c]nc1-c1ccc(N(CC)CC)cc1Cl. The van der Waals surface area contributed by atoms with Crippen LogP contribution < -0.4 is 4.90 Å². The van der Waals surface area contributed by atoms with E-state index in [1.165, 1.54) is 4.88 Å². The average molecular weight is 294 g/mol. The lowest BCUT2D eigenvalue weighted by Crippen LogP contribution is -2.21. The molecule has 0 unspecified atom stereocenters. The van der Waals surface area contributed by atoms with Gasteiger partial charge in [-0.3, -0.25) is 0 Å². The molecule has 0 aliphatic carbocycles. The molecule has 0 amide bonds. The van der Waals surface area contributed by atoms with Crippen molar-refractivity contribution in [3.05, 3.63) is 33.6 Å². The lowest BCUT2D eigenvalue weighted by Gasteiger charge is -2.21. The number of hydrogen-bond acceptors (Lipinski definition) is 3. The van der Waals surface area contributed by atoms with Crippen LogP contribution in [0.25, 0.3) is 11.3 Å². The van der Waals surface area contributed by atoms with Crippen LogP contribution in [0.15, 0.2) is 18.2 Å². The van der Waals surface area contributed by atoms with Crippen LogP contribution >= 0.6 is 22.9 Å². The van der Waals surface area contributed by atoms with Crippen molar-refractivity contribution in [3.63, 3.8) is 0 Å². The number of anilines is 1. The third-order valence-electron chi connectivity index (χ3n) is 3.25. The number of thiazole rings is 1. The first-order valence-electron chi connectivity index (χ1n) is 6.61. The van der Waals surface area contributed by atoms with Crippen molar-refractivity contribution in [2.24, 2.45) is 0 Å². The van der Waals surface area contributed by atoms with Gasteiger partial charge in [0.15, 0.2) is 5.51 Å². The topological polar surface area (TPSA) is 16.1 Å². The first-order chi connectivity index (χ1) is 9.21. The molecule has 2 nitrogen and oxygen atoms in total. The van der Waals surface area contributed by atoms with Gasteiger partial charge in [-0.1, -0.05) is 18.5 Å². The number of aryl methyl sites for hydroxylation is 1. The van der Waals surface area contributed by atoms with Gasteiger partial charge in [-0.15, -0.1) is 11.3 Å². The van der Waals surface area contributed by atoms with Gasteiger partial charge < -0.3 is 4.90 Å². The molecule has 0 spiro atoms. The maximum Gasteiger partial charge on any atom is 0.153 e. The fourth-order valence-corrected chi connectivity index (χ4v) is 3.07. The Hall–Kier alpha value is -1.06. The summed E-state index contributed by atoms with van der Waals surface area (Å²) in [5.74, 6) is 0. The van der Waals surface area contributed by atoms with Crippen molar-refractivity contribution in [1.82, 2.24) is 4.98 Å². The van der Waals surface area contributed by atoms with Gasteiger partial charge in [0.2, 0.25) is 0 Å². The Labute approximate surface area is 124 Å². The van der Waals surface area contributed by atoms with Crippen LogP contribution in [0.5, 0.6) is 0 Å². The summed E-state index contributed by atoms with van der Waals surface area (Å²) < 4.78 is 0. The number of rotatable bonds is 5. The van der Waals surface area contributed by atoms with Crippen LogP contribution in [0, 0.1) is 5.51 Å². The van der Waals surface area contributed by atoms with Crippen LogP contribution in [0.4, 0.5) is 5.69 Å². The molecule has 2 rings (SSSR count). The largest absolute Gasteiger partial charge is 0.372 e. The molecular formula is C15H18ClN2S. The minimum atomic E-state index is 0.762. The van der Waals surface area contributed by atoms with E-state index in [9.17, 15) is 0 Å². The lowest BCUT2D eigenvalue weighted by molar-refractivity contribution is 0.866. The highest BCUT2D eigenvalue weighted by molar-refractivity contribution is 7.09. The zero-order chi connectivity index (χ0) is 13.8. The maximum atomic E-state index is 6.43. The number of hydrogen-bond donors (Lipinski definition) is 0. The smallest absolute Gasteiger partial charge is 0.153 e. The van der Waals surface area contributed by atoms with Gasteiger partial charge in [0.25, 0.3) is 0 Å². The minimum absolute atomic E-state index is 0.762. The molecule has 1 radical (unpaired) electrons. The summed E-state index contributed by atoms with van der Waals surface area (Å²) in [4.78, 5) is 7.84. The molecule has 101 valence electrons. The first kappa shape index (κ1) is 14.4. The van der Waals surface area contributed by atoms with Crippen LogP contribution in [0.2, 0.25) is 5.02 Å². The molecule has 2 aromatic rings. The van der Waals surface area contributed by atoms with Crippen molar-refractivity contribution in [2.45, 2.75) is 27.2 Å². The summed E-state index contributed by atoms with van der Waals surface area (Å²) >= 11 is 8.00. The molecular weight excluding hydrogens is 276 g/mol. The molecule has 0 saturated carbocycles. The summed E-state index contributed by atoms with van der Waals surface area (Å²) in [6.07, 6.45) is 0.963. The van der Waals surface area contributed by atoms with E-state index in [0.717, 1.165) is 41.5 Å². The summed E-state index contributed by atoms with van der Waals surface area (Å²) in [5, 5.41) is 0.762. The second kappa shape index (κ2) is 6.40. The van der Waals surface area contributed by atoms with Crippen molar-refractivity contribution >= 4 is 28.6 Å². The standard InChI is InChI=1S/C15H18ClN2S/c1-4-14-15(17-10-19-14)12-8-7-11(9-13(12)16)18(5-2)6-3/h7-9H,4-6H2,1-3H3. The molecule has 0 saturated heterocycles. The van der Waals surface area contributed by atoms with Gasteiger partial charge >= 0.3 is 0 Å². The van der Waals surface area contributed by atoms with E-state index in [1.54, 1.807) is 11.3 Å². The molecule has 0 atom stereocenters. The van der Waals surface area contributed by atoms with Crippen LogP contribution in [0.1, 0.15) is 25.6 Å². The van der Waals surface area contributed by atoms with E-state index in [4.69, 9.17) is 11.6 Å². The second-order valence-electron chi connectivity index (χ2n) is 4.27. The van der Waals surface area contributed by atoms with Gasteiger partial charge in [0, 0.05) is 29.2 Å². The van der Waals surface area contributed by atoms with Gasteiger partial charge in [0.1, 0.15) is 0 Å². The number of nitrogens with zero attached hydrogens (tertiary/aromatic N) is 2. The highest BCUT2D eigenvalue weighted by Gasteiger charge is 2.12. The molecule has 4 heteroatoms. The normalized spacial score (nSPS) is 10.7. The Morgan fingerprint density at radius 3 is 2.58 bits per heavy atom. The van der Waals surface area contributed by atoms with E-state index in [1.807, 2.05) is 6.07 Å². The lowest BCUT2D eigenvalue weighted by atomic mass is 10.1. The molecule has 0 aliphatic heterocycles. The summed E-state index contributed by atoms with van der Waals surface area (Å²) in [7, 11) is 0. The molecule has 0 aliphatic rings. The van der Waals surface area contributed by atoms with E-state index in [2.05, 4.69) is 48.3 Å². The Morgan fingerprint density at radius 1 is 1.26 bits per heavy atom. The highest BCUT2D eigenvalue weighted by Crippen LogP contribution is 2.34. The van der Waals surface area contributed by atoms with Crippen molar-refractivity contribution < 1.29 is 0 Å². The van der Waals surface area contributed by atoms with E-state index in [-0.39, 0.29) is 0 Å². The fraction of sp³-hybridized carbons (Fsp3) is 0.400. The third-order valence-corrected chi connectivity index (χ3v) is 4.47. The maximum absolute atomic E-state index is 6.43. The Morgan fingerprint density at radius 2 is 2.00 bits per heavy atom. The summed E-state index contributed by atoms with van der Waals surface area (Å²) in [6.45, 7) is 8.39. The highest BCUT2D eigenvalue weighted by atomic mass is 35.5. The average Bonchev–Trinajstić information content (AvgIpc) is 2.88. The number of halogens is 1. The number of aromatic nitrogens is 1. The minimum Gasteiger partial charge on any atom is -0.372 e. The second-order valence-corrected chi connectivity index (χ2v) is 5.55. The fourth-order valence-electron chi connectivity index (χ4n) is 2.17. The van der Waals surface area contributed by atoms with Crippen molar-refractivity contribution in [2.75, 3.05) is 18.0 Å². The molecule has 0 N–H and O–H groups in total. The van der Waals surface area contributed by atoms with Crippen molar-refractivity contribution in [1.29, 1.82) is 0 Å². The van der Waals surface area contributed by atoms with Gasteiger partial charge in [0.05, 0.1) is 10.7 Å². The van der Waals surface area contributed by atoms with Crippen LogP contribution in [-0.4, -0.2) is 18.1 Å². The first-order valence-corrected chi connectivity index (χ1v) is 7.81. The molecule has 1 aromatic heterocycles. The Balaban J connectivity index is 2.39. The van der Waals surface area contributed by atoms with Gasteiger partial charge in [-0.25, -0.2) is 4.98 Å². The van der Waals surface area contributed by atoms with E-state index in [0.29, 0.717) is 0 Å². The molecule has 1 aromatic carbocycles.